The highest BCUT2D eigenvalue weighted by atomic mass is 32.2. The van der Waals surface area contributed by atoms with Gasteiger partial charge in [-0.2, -0.15) is 11.8 Å². The predicted octanol–water partition coefficient (Wildman–Crippen LogP) is 1.89. The molecule has 0 spiro atoms. The van der Waals surface area contributed by atoms with Crippen molar-refractivity contribution in [1.29, 1.82) is 0 Å². The van der Waals surface area contributed by atoms with E-state index in [1.54, 1.807) is 0 Å². The molecule has 1 heterocycles. The van der Waals surface area contributed by atoms with E-state index >= 15 is 0 Å². The fourth-order valence-electron chi connectivity index (χ4n) is 2.37. The number of carbonyl (C=O) groups is 2. The van der Waals surface area contributed by atoms with Crippen LogP contribution in [0.25, 0.3) is 0 Å². The Morgan fingerprint density at radius 2 is 1.83 bits per heavy atom. The number of nitrogens with one attached hydrogen (secondary N) is 1. The van der Waals surface area contributed by atoms with Crippen LogP contribution in [-0.4, -0.2) is 34.5 Å². The zero-order chi connectivity index (χ0) is 13.0. The number of aliphatic carboxylic acids is 1. The molecule has 1 unspecified atom stereocenters. The van der Waals surface area contributed by atoms with Crippen LogP contribution in [0.2, 0.25) is 0 Å². The first kappa shape index (κ1) is 13.7. The predicted molar refractivity (Wildman–Crippen MR) is 71.6 cm³/mol. The number of thioether (sulfide) groups is 1. The summed E-state index contributed by atoms with van der Waals surface area (Å²) in [5, 5.41) is 11.8. The molecule has 102 valence electrons. The van der Waals surface area contributed by atoms with Crippen LogP contribution in [0.15, 0.2) is 0 Å². The van der Waals surface area contributed by atoms with Crippen molar-refractivity contribution in [3.8, 4) is 0 Å². The Bertz CT molecular complexity index is 311. The number of amides is 1. The molecule has 0 radical (unpaired) electrons. The lowest BCUT2D eigenvalue weighted by atomic mass is 9.98. The minimum absolute atomic E-state index is 0.0834. The maximum Gasteiger partial charge on any atom is 0.326 e. The summed E-state index contributed by atoms with van der Waals surface area (Å²) >= 11 is 1.94. The summed E-state index contributed by atoms with van der Waals surface area (Å²) in [6.07, 6.45) is 5.48. The van der Waals surface area contributed by atoms with Gasteiger partial charge >= 0.3 is 5.97 Å². The molecular formula is C13H21NO3S. The number of hydrogen-bond donors (Lipinski definition) is 2. The van der Waals surface area contributed by atoms with Crippen LogP contribution >= 0.6 is 11.8 Å². The molecule has 0 aromatic heterocycles. The fraction of sp³-hybridized carbons (Fsp3) is 0.846. The van der Waals surface area contributed by atoms with Crippen molar-refractivity contribution in [2.24, 2.45) is 11.8 Å². The zero-order valence-corrected chi connectivity index (χ0v) is 11.4. The van der Waals surface area contributed by atoms with Gasteiger partial charge in [-0.05, 0) is 42.6 Å². The molecule has 0 aromatic carbocycles. The number of hydrogen-bond acceptors (Lipinski definition) is 3. The minimum Gasteiger partial charge on any atom is -0.480 e. The average molecular weight is 271 g/mol. The normalized spacial score (nSPS) is 22.4. The van der Waals surface area contributed by atoms with E-state index in [0.717, 1.165) is 37.2 Å². The van der Waals surface area contributed by atoms with Gasteiger partial charge in [0.05, 0.1) is 0 Å². The fourth-order valence-corrected chi connectivity index (χ4v) is 3.58. The number of rotatable bonds is 6. The molecule has 2 aliphatic rings. The minimum atomic E-state index is -0.894. The second-order valence-electron chi connectivity index (χ2n) is 5.40. The van der Waals surface area contributed by atoms with Gasteiger partial charge in [-0.3, -0.25) is 4.79 Å². The molecule has 2 N–H and O–H groups in total. The van der Waals surface area contributed by atoms with Crippen LogP contribution in [0.1, 0.15) is 38.5 Å². The van der Waals surface area contributed by atoms with Crippen LogP contribution in [0.3, 0.4) is 0 Å². The third-order valence-corrected chi connectivity index (χ3v) is 4.76. The summed E-state index contributed by atoms with van der Waals surface area (Å²) in [7, 11) is 0. The number of carboxylic acid groups (broad SMARTS) is 1. The molecule has 18 heavy (non-hydrogen) atoms. The Hall–Kier alpha value is -0.710. The lowest BCUT2D eigenvalue weighted by Gasteiger charge is -2.22. The van der Waals surface area contributed by atoms with Gasteiger partial charge in [0.15, 0.2) is 0 Å². The molecular weight excluding hydrogens is 250 g/mol. The maximum atomic E-state index is 11.8. The molecule has 1 amide bonds. The van der Waals surface area contributed by atoms with Crippen LogP contribution in [0, 0.1) is 11.8 Å². The number of carbonyl (C=O) groups excluding carboxylic acids is 1. The van der Waals surface area contributed by atoms with E-state index in [-0.39, 0.29) is 5.91 Å². The Kier molecular flexibility index (Phi) is 4.92. The highest BCUT2D eigenvalue weighted by Crippen LogP contribution is 2.33. The summed E-state index contributed by atoms with van der Waals surface area (Å²) in [5.74, 6) is 2.23. The molecule has 2 rings (SSSR count). The zero-order valence-electron chi connectivity index (χ0n) is 10.6. The Morgan fingerprint density at radius 1 is 1.17 bits per heavy atom. The van der Waals surface area contributed by atoms with E-state index in [4.69, 9.17) is 5.11 Å². The summed E-state index contributed by atoms with van der Waals surface area (Å²) in [6, 6.07) is -0.678. The lowest BCUT2D eigenvalue weighted by Crippen LogP contribution is -2.41. The van der Waals surface area contributed by atoms with E-state index < -0.39 is 12.0 Å². The molecule has 1 aliphatic carbocycles. The molecule has 1 aliphatic heterocycles. The standard InChI is InChI=1S/C13H21NO3S/c15-12(8-10-3-5-18-6-4-10)14-11(13(16)17)7-9-1-2-9/h9-11H,1-8H2,(H,14,15)(H,16,17). The van der Waals surface area contributed by atoms with Crippen LogP contribution < -0.4 is 5.32 Å². The molecule has 0 bridgehead atoms. The first-order valence-electron chi connectivity index (χ1n) is 6.75. The maximum absolute atomic E-state index is 11.8. The van der Waals surface area contributed by atoms with E-state index in [1.807, 2.05) is 11.8 Å². The Labute approximate surface area is 112 Å². The number of carboxylic acids is 1. The second kappa shape index (κ2) is 6.45. The van der Waals surface area contributed by atoms with Gasteiger partial charge in [-0.25, -0.2) is 4.79 Å². The molecule has 2 fully saturated rings. The van der Waals surface area contributed by atoms with Gasteiger partial charge in [0, 0.05) is 6.42 Å². The molecule has 1 saturated heterocycles. The van der Waals surface area contributed by atoms with Crippen molar-refractivity contribution in [3.05, 3.63) is 0 Å². The van der Waals surface area contributed by atoms with E-state index in [9.17, 15) is 9.59 Å². The third kappa shape index (κ3) is 4.52. The van der Waals surface area contributed by atoms with Crippen molar-refractivity contribution in [2.75, 3.05) is 11.5 Å². The van der Waals surface area contributed by atoms with E-state index in [1.165, 1.54) is 0 Å². The second-order valence-corrected chi connectivity index (χ2v) is 6.62. The van der Waals surface area contributed by atoms with Crippen molar-refractivity contribution >= 4 is 23.6 Å². The van der Waals surface area contributed by atoms with Crippen LogP contribution in [-0.2, 0) is 9.59 Å². The van der Waals surface area contributed by atoms with Crippen molar-refractivity contribution in [2.45, 2.75) is 44.6 Å². The summed E-state index contributed by atoms with van der Waals surface area (Å²) in [6.45, 7) is 0. The molecule has 1 atom stereocenters. The first-order valence-corrected chi connectivity index (χ1v) is 7.90. The van der Waals surface area contributed by atoms with E-state index in [0.29, 0.717) is 24.7 Å². The lowest BCUT2D eigenvalue weighted by molar-refractivity contribution is -0.142. The monoisotopic (exact) mass is 271 g/mol. The van der Waals surface area contributed by atoms with Gasteiger partial charge in [-0.15, -0.1) is 0 Å². The summed E-state index contributed by atoms with van der Waals surface area (Å²) < 4.78 is 0. The van der Waals surface area contributed by atoms with Crippen LogP contribution in [0.5, 0.6) is 0 Å². The molecule has 1 saturated carbocycles. The topological polar surface area (TPSA) is 66.4 Å². The average Bonchev–Trinajstić information content (AvgIpc) is 3.13. The Balaban J connectivity index is 1.74. The Morgan fingerprint density at radius 3 is 2.39 bits per heavy atom. The quantitative estimate of drug-likeness (QED) is 0.774. The van der Waals surface area contributed by atoms with Gasteiger partial charge in [0.1, 0.15) is 6.04 Å². The molecule has 4 nitrogen and oxygen atoms in total. The van der Waals surface area contributed by atoms with Gasteiger partial charge in [-0.1, -0.05) is 12.8 Å². The van der Waals surface area contributed by atoms with Gasteiger partial charge < -0.3 is 10.4 Å². The smallest absolute Gasteiger partial charge is 0.326 e. The van der Waals surface area contributed by atoms with E-state index in [2.05, 4.69) is 5.32 Å². The van der Waals surface area contributed by atoms with Crippen molar-refractivity contribution in [3.63, 3.8) is 0 Å². The first-order chi connectivity index (χ1) is 8.65. The van der Waals surface area contributed by atoms with Gasteiger partial charge in [0.2, 0.25) is 5.91 Å². The highest BCUT2D eigenvalue weighted by Gasteiger charge is 2.30. The molecule has 0 aromatic rings. The largest absolute Gasteiger partial charge is 0.480 e. The van der Waals surface area contributed by atoms with Crippen molar-refractivity contribution < 1.29 is 14.7 Å². The third-order valence-electron chi connectivity index (χ3n) is 3.71. The van der Waals surface area contributed by atoms with Gasteiger partial charge in [0.25, 0.3) is 0 Å². The highest BCUT2D eigenvalue weighted by molar-refractivity contribution is 7.99. The summed E-state index contributed by atoms with van der Waals surface area (Å²) in [4.78, 5) is 22.9. The SMILES string of the molecule is O=C(CC1CCSCC1)NC(CC1CC1)C(=O)O. The summed E-state index contributed by atoms with van der Waals surface area (Å²) in [5.41, 5.74) is 0. The molecule has 5 heteroatoms. The van der Waals surface area contributed by atoms with Crippen LogP contribution in [0.4, 0.5) is 0 Å². The van der Waals surface area contributed by atoms with Crippen molar-refractivity contribution in [1.82, 2.24) is 5.32 Å².